The number of H-pyrrole nitrogens is 1. The SMILES string of the molecule is BP(=O)(OC[C@H]1O[C@@H](n2cc(C)c(=O)[nH]c2=O)C[C@H]1N=[N+]=[N-])OP(=O)(O)C(F)(F)P(=O)(O)O. The highest BCUT2D eigenvalue weighted by Gasteiger charge is 2.66. The van der Waals surface area contributed by atoms with Gasteiger partial charge in [-0.3, -0.25) is 28.0 Å². The zero-order valence-electron chi connectivity index (χ0n) is 16.7. The lowest BCUT2D eigenvalue weighted by Gasteiger charge is -2.26. The Morgan fingerprint density at radius 2 is 2.00 bits per heavy atom. The molecule has 2 unspecified atom stereocenters. The van der Waals surface area contributed by atoms with Gasteiger partial charge in [-0.1, -0.05) is 5.11 Å². The summed E-state index contributed by atoms with van der Waals surface area (Å²) >= 11 is 0. The number of aromatic nitrogens is 2. The first-order valence-electron chi connectivity index (χ1n) is 8.63. The number of nitrogens with zero attached hydrogens (tertiary/aromatic N) is 4. The number of rotatable bonds is 9. The van der Waals surface area contributed by atoms with E-state index in [-0.39, 0.29) is 12.0 Å². The normalized spacial score (nSPS) is 25.1. The Kier molecular flexibility index (Phi) is 7.99. The van der Waals surface area contributed by atoms with E-state index < -0.39 is 64.3 Å². The molecular weight excluding hydrogens is 520 g/mol. The van der Waals surface area contributed by atoms with Crippen molar-refractivity contribution in [2.24, 2.45) is 5.11 Å². The van der Waals surface area contributed by atoms with Crippen molar-refractivity contribution in [1.29, 1.82) is 0 Å². The molecule has 0 saturated carbocycles. The largest absolute Gasteiger partial charge is 0.444 e. The third kappa shape index (κ3) is 6.08. The first-order chi connectivity index (χ1) is 14.9. The van der Waals surface area contributed by atoms with Crippen LogP contribution in [-0.2, 0) is 27.3 Å². The molecule has 5 atom stereocenters. The van der Waals surface area contributed by atoms with Crippen LogP contribution in [0.2, 0.25) is 0 Å². The molecule has 0 amide bonds. The fraction of sp³-hybridized carbons (Fsp3) is 0.636. The van der Waals surface area contributed by atoms with Crippen molar-refractivity contribution in [3.05, 3.63) is 43.0 Å². The summed E-state index contributed by atoms with van der Waals surface area (Å²) < 4.78 is 77.0. The number of halogens is 2. The number of nitrogens with one attached hydrogen (secondary N) is 1. The summed E-state index contributed by atoms with van der Waals surface area (Å²) in [5, 5.41) is -2.14. The van der Waals surface area contributed by atoms with Crippen LogP contribution in [0.3, 0.4) is 0 Å². The van der Waals surface area contributed by atoms with Gasteiger partial charge in [0.15, 0.2) is 0 Å². The van der Waals surface area contributed by atoms with E-state index in [1.54, 1.807) is 0 Å². The second kappa shape index (κ2) is 9.55. The predicted molar refractivity (Wildman–Crippen MR) is 108 cm³/mol. The number of hydrogen-bond acceptors (Lipinski definition) is 9. The molecule has 16 nitrogen and oxygen atoms in total. The molecule has 2 heterocycles. The second-order valence-electron chi connectivity index (χ2n) is 6.84. The number of aryl methyl sites for hydroxylation is 1. The molecule has 0 radical (unpaired) electrons. The lowest BCUT2D eigenvalue weighted by atomic mass is 10.1. The summed E-state index contributed by atoms with van der Waals surface area (Å²) in [6.07, 6.45) is -1.32. The smallest absolute Gasteiger partial charge is 0.352 e. The van der Waals surface area contributed by atoms with Gasteiger partial charge < -0.3 is 23.9 Å². The van der Waals surface area contributed by atoms with Crippen molar-refractivity contribution < 1.29 is 50.7 Å². The van der Waals surface area contributed by atoms with E-state index in [1.165, 1.54) is 13.1 Å². The average Bonchev–Trinajstić information content (AvgIpc) is 3.04. The first-order valence-corrected chi connectivity index (χ1v) is 13.8. The van der Waals surface area contributed by atoms with Crippen molar-refractivity contribution in [3.63, 3.8) is 0 Å². The number of aromatic amines is 1. The highest BCUT2D eigenvalue weighted by atomic mass is 31.3. The van der Waals surface area contributed by atoms with Crippen LogP contribution in [-0.4, -0.2) is 56.0 Å². The fourth-order valence-electron chi connectivity index (χ4n) is 2.67. The van der Waals surface area contributed by atoms with Gasteiger partial charge in [0.05, 0.1) is 18.8 Å². The van der Waals surface area contributed by atoms with Gasteiger partial charge >= 0.3 is 26.3 Å². The molecule has 1 aromatic heterocycles. The first kappa shape index (κ1) is 27.6. The molecule has 4 N–H and O–H groups in total. The zero-order chi connectivity index (χ0) is 25.4. The predicted octanol–water partition coefficient (Wildman–Crippen LogP) is 0.499. The van der Waals surface area contributed by atoms with E-state index in [0.717, 1.165) is 4.57 Å². The Hall–Kier alpha value is -1.64. The van der Waals surface area contributed by atoms with Crippen molar-refractivity contribution in [1.82, 2.24) is 9.55 Å². The van der Waals surface area contributed by atoms with Crippen LogP contribution in [0.15, 0.2) is 20.9 Å². The summed E-state index contributed by atoms with van der Waals surface area (Å²) in [7, 11) is -17.3. The lowest BCUT2D eigenvalue weighted by molar-refractivity contribution is -0.0232. The van der Waals surface area contributed by atoms with E-state index in [2.05, 4.69) is 14.3 Å². The quantitative estimate of drug-likeness (QED) is 0.111. The molecule has 1 aliphatic rings. The third-order valence-electron chi connectivity index (χ3n) is 4.28. The Labute approximate surface area is 183 Å². The molecule has 1 aliphatic heterocycles. The molecule has 1 saturated heterocycles. The van der Waals surface area contributed by atoms with E-state index in [9.17, 15) is 37.0 Å². The maximum atomic E-state index is 13.6. The van der Waals surface area contributed by atoms with Crippen molar-refractivity contribution in [2.45, 2.75) is 37.1 Å². The van der Waals surface area contributed by atoms with Crippen LogP contribution in [0.4, 0.5) is 8.78 Å². The van der Waals surface area contributed by atoms with Crippen LogP contribution in [0.5, 0.6) is 0 Å². The summed E-state index contributed by atoms with van der Waals surface area (Å²) in [5.41, 5.74) is 7.36. The second-order valence-corrected chi connectivity index (χ2v) is 12.9. The van der Waals surface area contributed by atoms with Crippen LogP contribution < -0.4 is 11.2 Å². The van der Waals surface area contributed by atoms with Crippen molar-refractivity contribution >= 4 is 30.2 Å². The minimum absolute atomic E-state index is 0.132. The van der Waals surface area contributed by atoms with Crippen LogP contribution in [0.1, 0.15) is 18.2 Å². The summed E-state index contributed by atoms with van der Waals surface area (Å²) in [6.45, 7) is 0.576. The molecule has 2 rings (SSSR count). The third-order valence-corrected chi connectivity index (χ3v) is 9.89. The van der Waals surface area contributed by atoms with Crippen molar-refractivity contribution in [2.75, 3.05) is 6.61 Å². The maximum Gasteiger partial charge on any atom is 0.444 e. The average molecular weight is 537 g/mol. The highest BCUT2D eigenvalue weighted by Crippen LogP contribution is 2.77. The standard InChI is InChI=1S/C11H17BF2N5O11P3/c1-5-3-19(10(21)16-9(5)20)8-2-6(17-18-15)7(29-8)4-28-33(12,27)30-32(25,26)11(13,14)31(22,23)24/h3,6-8H,2,4,12H2,1H3,(H,25,26)(H,16,20,21)(H2,22,23,24)/t6-,7-,8-,33?/m1/s1. The van der Waals surface area contributed by atoms with Crippen molar-refractivity contribution in [3.8, 4) is 0 Å². The monoisotopic (exact) mass is 537 g/mol. The maximum absolute atomic E-state index is 13.6. The molecule has 0 aromatic carbocycles. The molecular formula is C11H17BF2N5O11P3. The Bertz CT molecular complexity index is 1230. The summed E-state index contributed by atoms with van der Waals surface area (Å²) in [5.74, 6) is 0. The number of ether oxygens (including phenoxy) is 1. The van der Waals surface area contributed by atoms with Gasteiger partial charge in [0.2, 0.25) is 0 Å². The minimum Gasteiger partial charge on any atom is -0.352 e. The van der Waals surface area contributed by atoms with Gasteiger partial charge in [-0.25, -0.2) is 9.11 Å². The molecule has 0 aliphatic carbocycles. The summed E-state index contributed by atoms with van der Waals surface area (Å²) in [4.78, 5) is 54.6. The Morgan fingerprint density at radius 1 is 1.39 bits per heavy atom. The number of hydrogen-bond donors (Lipinski definition) is 4. The number of alkyl halides is 2. The Morgan fingerprint density at radius 3 is 2.55 bits per heavy atom. The molecule has 184 valence electrons. The molecule has 22 heteroatoms. The van der Waals surface area contributed by atoms with Gasteiger partial charge in [-0.05, 0) is 12.5 Å². The molecule has 1 fully saturated rings. The van der Waals surface area contributed by atoms with Gasteiger partial charge in [-0.15, -0.1) is 0 Å². The van der Waals surface area contributed by atoms with E-state index in [0.29, 0.717) is 7.57 Å². The van der Waals surface area contributed by atoms with Gasteiger partial charge in [0, 0.05) is 23.1 Å². The summed E-state index contributed by atoms with van der Waals surface area (Å²) in [6, 6.07) is -1.06. The van der Waals surface area contributed by atoms with Crippen LogP contribution >= 0.6 is 22.7 Å². The topological polar surface area (TPSA) is 243 Å². The molecule has 0 bridgehead atoms. The Balaban J connectivity index is 2.19. The van der Waals surface area contributed by atoms with Crippen LogP contribution in [0, 0.1) is 6.92 Å². The lowest BCUT2D eigenvalue weighted by Crippen LogP contribution is -2.33. The van der Waals surface area contributed by atoms with Gasteiger partial charge in [-0.2, -0.15) is 8.78 Å². The molecule has 33 heavy (non-hydrogen) atoms. The number of azide groups is 1. The molecule has 1 aromatic rings. The van der Waals surface area contributed by atoms with E-state index in [4.69, 9.17) is 24.6 Å². The van der Waals surface area contributed by atoms with E-state index in [1.807, 2.05) is 4.98 Å². The molecule has 0 spiro atoms. The van der Waals surface area contributed by atoms with E-state index >= 15 is 0 Å². The van der Waals surface area contributed by atoms with Crippen LogP contribution in [0.25, 0.3) is 10.4 Å². The highest BCUT2D eigenvalue weighted by molar-refractivity contribution is 7.86. The minimum atomic E-state index is -6.49. The van der Waals surface area contributed by atoms with Gasteiger partial charge in [0.1, 0.15) is 6.23 Å². The van der Waals surface area contributed by atoms with Gasteiger partial charge in [0.25, 0.3) is 20.6 Å². The zero-order valence-corrected chi connectivity index (χ0v) is 19.4. The fourth-order valence-corrected chi connectivity index (χ4v) is 6.92.